The first-order chi connectivity index (χ1) is 14.0. The van der Waals surface area contributed by atoms with Gasteiger partial charge in [-0.05, 0) is 13.3 Å². The van der Waals surface area contributed by atoms with Crippen molar-refractivity contribution in [1.82, 2.24) is 24.8 Å². The zero-order valence-corrected chi connectivity index (χ0v) is 16.1. The number of alkyl halides is 1. The molecule has 0 aromatic carbocycles. The van der Waals surface area contributed by atoms with E-state index >= 15 is 0 Å². The fourth-order valence-corrected chi connectivity index (χ4v) is 2.96. The van der Waals surface area contributed by atoms with Crippen LogP contribution in [0.3, 0.4) is 0 Å². The van der Waals surface area contributed by atoms with E-state index < -0.39 is 18.2 Å². The molecule has 0 saturated carbocycles. The lowest BCUT2D eigenvalue weighted by Crippen LogP contribution is -2.55. The summed E-state index contributed by atoms with van der Waals surface area (Å²) in [7, 11) is 1.52. The molecule has 11 nitrogen and oxygen atoms in total. The second kappa shape index (κ2) is 9.28. The molecule has 3 heterocycles. The molecule has 3 N–H and O–H groups in total. The van der Waals surface area contributed by atoms with Gasteiger partial charge in [-0.25, -0.2) is 24.1 Å². The highest BCUT2D eigenvalue weighted by Crippen LogP contribution is 2.23. The fourth-order valence-electron chi connectivity index (χ4n) is 2.96. The van der Waals surface area contributed by atoms with Gasteiger partial charge in [-0.2, -0.15) is 4.98 Å². The molecule has 29 heavy (non-hydrogen) atoms. The first kappa shape index (κ1) is 20.5. The van der Waals surface area contributed by atoms with Crippen molar-refractivity contribution in [3.05, 3.63) is 24.7 Å². The van der Waals surface area contributed by atoms with Gasteiger partial charge < -0.3 is 14.5 Å². The van der Waals surface area contributed by atoms with Gasteiger partial charge in [0.15, 0.2) is 11.6 Å². The highest BCUT2D eigenvalue weighted by molar-refractivity contribution is 5.88. The van der Waals surface area contributed by atoms with Crippen LogP contribution in [0.2, 0.25) is 0 Å². The van der Waals surface area contributed by atoms with Crippen molar-refractivity contribution in [1.29, 1.82) is 0 Å². The van der Waals surface area contributed by atoms with Crippen LogP contribution in [-0.2, 0) is 0 Å². The number of aromatic nitrogens is 4. The van der Waals surface area contributed by atoms with Crippen LogP contribution in [0.15, 0.2) is 24.7 Å². The lowest BCUT2D eigenvalue weighted by Gasteiger charge is -2.39. The zero-order valence-electron chi connectivity index (χ0n) is 16.1. The van der Waals surface area contributed by atoms with Crippen LogP contribution in [0.1, 0.15) is 13.3 Å². The van der Waals surface area contributed by atoms with Gasteiger partial charge in [0.05, 0.1) is 25.0 Å². The molecule has 1 aliphatic heterocycles. The Hall–Kier alpha value is -3.28. The number of hydrogen-bond donors (Lipinski definition) is 3. The number of amides is 2. The standard InChI is InChI=1S/C17H23FN8O3/c1-3-29-15-9-20-14(8-21-15)23-17(27)25(2)12-10-26(7-5-11(12)18)16-19-6-4-13(22-16)24-28/h4,6,8-9,11-12,28H,3,5,7,10H2,1-2H3,(H,19,22,24)(H,20,23,27). The first-order valence-corrected chi connectivity index (χ1v) is 9.12. The van der Waals surface area contributed by atoms with Crippen LogP contribution in [0, 0.1) is 0 Å². The number of anilines is 3. The van der Waals surface area contributed by atoms with Gasteiger partial charge in [-0.1, -0.05) is 0 Å². The summed E-state index contributed by atoms with van der Waals surface area (Å²) in [5.74, 6) is 1.16. The van der Waals surface area contributed by atoms with Crippen LogP contribution >= 0.6 is 0 Å². The maximum absolute atomic E-state index is 14.6. The second-order valence-electron chi connectivity index (χ2n) is 6.39. The van der Waals surface area contributed by atoms with Crippen molar-refractivity contribution >= 4 is 23.6 Å². The average molecular weight is 406 g/mol. The van der Waals surface area contributed by atoms with Gasteiger partial charge >= 0.3 is 6.03 Å². The molecular formula is C17H23FN8O3. The first-order valence-electron chi connectivity index (χ1n) is 9.12. The molecule has 1 aliphatic rings. The van der Waals surface area contributed by atoms with E-state index in [9.17, 15) is 9.18 Å². The number of hydrogen-bond acceptors (Lipinski definition) is 9. The lowest BCUT2D eigenvalue weighted by molar-refractivity contribution is 0.133. The summed E-state index contributed by atoms with van der Waals surface area (Å²) in [5.41, 5.74) is 1.96. The van der Waals surface area contributed by atoms with Crippen molar-refractivity contribution in [2.75, 3.05) is 42.4 Å². The highest BCUT2D eigenvalue weighted by Gasteiger charge is 2.35. The number of nitrogens with zero attached hydrogens (tertiary/aromatic N) is 6. The van der Waals surface area contributed by atoms with Gasteiger partial charge in [-0.3, -0.25) is 16.0 Å². The van der Waals surface area contributed by atoms with E-state index in [2.05, 4.69) is 25.3 Å². The molecule has 0 bridgehead atoms. The normalized spacial score (nSPS) is 18.8. The lowest BCUT2D eigenvalue weighted by atomic mass is 10.0. The third-order valence-corrected chi connectivity index (χ3v) is 4.51. The molecule has 2 aromatic rings. The Labute approximate surface area is 166 Å². The number of urea groups is 1. The summed E-state index contributed by atoms with van der Waals surface area (Å²) < 4.78 is 19.8. The van der Waals surface area contributed by atoms with E-state index in [0.717, 1.165) is 0 Å². The summed E-state index contributed by atoms with van der Waals surface area (Å²) in [4.78, 5) is 32.0. The Kier molecular flexibility index (Phi) is 6.54. The Morgan fingerprint density at radius 1 is 1.38 bits per heavy atom. The van der Waals surface area contributed by atoms with Crippen LogP contribution in [0.4, 0.5) is 26.8 Å². The predicted octanol–water partition coefficient (Wildman–Crippen LogP) is 1.55. The Balaban J connectivity index is 1.65. The van der Waals surface area contributed by atoms with E-state index in [1.165, 1.54) is 36.6 Å². The number of piperidine rings is 1. The third-order valence-electron chi connectivity index (χ3n) is 4.51. The maximum atomic E-state index is 14.6. The molecule has 3 rings (SSSR count). The quantitative estimate of drug-likeness (QED) is 0.612. The summed E-state index contributed by atoms with van der Waals surface area (Å²) in [6.07, 6.45) is 3.27. The minimum atomic E-state index is -1.20. The van der Waals surface area contributed by atoms with E-state index in [0.29, 0.717) is 25.0 Å². The van der Waals surface area contributed by atoms with Gasteiger partial charge in [0.2, 0.25) is 11.8 Å². The molecular weight excluding hydrogens is 383 g/mol. The van der Waals surface area contributed by atoms with Crippen LogP contribution in [0.5, 0.6) is 5.88 Å². The fraction of sp³-hybridized carbons (Fsp3) is 0.471. The Bertz CT molecular complexity index is 825. The summed E-state index contributed by atoms with van der Waals surface area (Å²) >= 11 is 0. The largest absolute Gasteiger partial charge is 0.477 e. The number of carbonyl (C=O) groups excluding carboxylic acids is 1. The van der Waals surface area contributed by atoms with Gasteiger partial charge in [0.1, 0.15) is 6.17 Å². The predicted molar refractivity (Wildman–Crippen MR) is 103 cm³/mol. The van der Waals surface area contributed by atoms with Gasteiger partial charge in [-0.15, -0.1) is 0 Å². The van der Waals surface area contributed by atoms with Gasteiger partial charge in [0, 0.05) is 32.4 Å². The van der Waals surface area contributed by atoms with Crippen molar-refractivity contribution < 1.29 is 19.1 Å². The molecule has 0 spiro atoms. The molecule has 2 unspecified atom stereocenters. The summed E-state index contributed by atoms with van der Waals surface area (Å²) in [5, 5.41) is 11.6. The van der Waals surface area contributed by atoms with E-state index in [1.807, 2.05) is 12.4 Å². The second-order valence-corrected chi connectivity index (χ2v) is 6.39. The molecule has 0 aliphatic carbocycles. The molecule has 2 amide bonds. The maximum Gasteiger partial charge on any atom is 0.323 e. The van der Waals surface area contributed by atoms with E-state index in [4.69, 9.17) is 9.94 Å². The molecule has 2 atom stereocenters. The molecule has 2 aromatic heterocycles. The molecule has 1 fully saturated rings. The Morgan fingerprint density at radius 3 is 2.90 bits per heavy atom. The summed E-state index contributed by atoms with van der Waals surface area (Å²) in [6, 6.07) is 0.277. The smallest absolute Gasteiger partial charge is 0.323 e. The average Bonchev–Trinajstić information content (AvgIpc) is 2.75. The molecule has 1 saturated heterocycles. The van der Waals surface area contributed by atoms with Crippen molar-refractivity contribution in [2.24, 2.45) is 0 Å². The minimum Gasteiger partial charge on any atom is -0.477 e. The number of likely N-dealkylation sites (N-methyl/N-ethyl adjacent to an activating group) is 1. The Morgan fingerprint density at radius 2 is 2.21 bits per heavy atom. The summed E-state index contributed by atoms with van der Waals surface area (Å²) in [6.45, 7) is 2.89. The number of carbonyl (C=O) groups is 1. The number of rotatable bonds is 6. The molecule has 156 valence electrons. The number of ether oxygens (including phenoxy) is 1. The van der Waals surface area contributed by atoms with E-state index in [-0.39, 0.29) is 24.6 Å². The van der Waals surface area contributed by atoms with Gasteiger partial charge in [0.25, 0.3) is 0 Å². The molecule has 0 radical (unpaired) electrons. The number of nitrogens with one attached hydrogen (secondary N) is 2. The zero-order chi connectivity index (χ0) is 20.8. The highest BCUT2D eigenvalue weighted by atomic mass is 19.1. The number of halogens is 1. The van der Waals surface area contributed by atoms with Crippen molar-refractivity contribution in [3.63, 3.8) is 0 Å². The minimum absolute atomic E-state index is 0.203. The topological polar surface area (TPSA) is 129 Å². The third kappa shape index (κ3) is 4.96. The van der Waals surface area contributed by atoms with E-state index in [1.54, 1.807) is 4.90 Å². The van der Waals surface area contributed by atoms with Crippen LogP contribution < -0.4 is 20.4 Å². The van der Waals surface area contributed by atoms with Crippen molar-refractivity contribution in [2.45, 2.75) is 25.6 Å². The monoisotopic (exact) mass is 406 g/mol. The van der Waals surface area contributed by atoms with Crippen LogP contribution in [0.25, 0.3) is 0 Å². The molecule has 12 heteroatoms. The van der Waals surface area contributed by atoms with Crippen molar-refractivity contribution in [3.8, 4) is 5.88 Å². The van der Waals surface area contributed by atoms with Crippen LogP contribution in [-0.4, -0.2) is 75.0 Å². The SMILES string of the molecule is CCOc1cnc(NC(=O)N(C)C2CN(c3nccc(NO)n3)CCC2F)cn1.